The van der Waals surface area contributed by atoms with E-state index in [1.54, 1.807) is 0 Å². The molecule has 2 heterocycles. The Balaban J connectivity index is 1.39. The molecule has 3 aromatic rings. The predicted molar refractivity (Wildman–Crippen MR) is 129 cm³/mol. The number of benzene rings is 2. The van der Waals surface area contributed by atoms with Crippen molar-refractivity contribution in [1.29, 1.82) is 0 Å². The van der Waals surface area contributed by atoms with Gasteiger partial charge in [-0.1, -0.05) is 48.0 Å². The zero-order valence-electron chi connectivity index (χ0n) is 19.1. The van der Waals surface area contributed by atoms with Crippen molar-refractivity contribution >= 4 is 5.91 Å². The second-order valence-electron chi connectivity index (χ2n) is 8.64. The van der Waals surface area contributed by atoms with Gasteiger partial charge in [0.1, 0.15) is 0 Å². The summed E-state index contributed by atoms with van der Waals surface area (Å²) in [7, 11) is 2.16. The van der Waals surface area contributed by atoms with Crippen LogP contribution in [-0.4, -0.2) is 71.8 Å². The van der Waals surface area contributed by atoms with Crippen molar-refractivity contribution < 1.29 is 4.79 Å². The average Bonchev–Trinajstić information content (AvgIpc) is 3.24. The summed E-state index contributed by atoms with van der Waals surface area (Å²) >= 11 is 0. The number of aryl methyl sites for hydroxylation is 2. The number of carbonyl (C=O) groups is 1. The van der Waals surface area contributed by atoms with Crippen molar-refractivity contribution in [2.45, 2.75) is 19.8 Å². The maximum atomic E-state index is 12.5. The van der Waals surface area contributed by atoms with Gasteiger partial charge in [-0.3, -0.25) is 9.69 Å². The lowest BCUT2D eigenvalue weighted by Crippen LogP contribution is -2.46. The van der Waals surface area contributed by atoms with Crippen molar-refractivity contribution in [3.05, 3.63) is 71.9 Å². The SMILES string of the molecule is Cc1ccc(-c2nn(-c3ccccc3)cc2CCC(=O)NCCN2CCN(C)CC2)cc1. The van der Waals surface area contributed by atoms with Crippen LogP contribution in [-0.2, 0) is 11.2 Å². The number of rotatable bonds is 8. The summed E-state index contributed by atoms with van der Waals surface area (Å²) < 4.78 is 1.91. The number of hydrogen-bond acceptors (Lipinski definition) is 4. The molecule has 0 atom stereocenters. The highest BCUT2D eigenvalue weighted by Gasteiger charge is 2.15. The number of hydrogen-bond donors (Lipinski definition) is 1. The van der Waals surface area contributed by atoms with Crippen LogP contribution in [0.15, 0.2) is 60.8 Å². The molecule has 0 aliphatic carbocycles. The molecule has 4 rings (SSSR count). The fraction of sp³-hybridized carbons (Fsp3) is 0.385. The summed E-state index contributed by atoms with van der Waals surface area (Å²) in [5.41, 5.74) is 5.35. The van der Waals surface area contributed by atoms with E-state index in [-0.39, 0.29) is 5.91 Å². The van der Waals surface area contributed by atoms with Crippen molar-refractivity contribution in [3.8, 4) is 16.9 Å². The Morgan fingerprint density at radius 2 is 1.72 bits per heavy atom. The number of nitrogens with one attached hydrogen (secondary N) is 1. The number of para-hydroxylation sites is 1. The van der Waals surface area contributed by atoms with Gasteiger partial charge in [-0.25, -0.2) is 4.68 Å². The Kier molecular flexibility index (Phi) is 7.35. The zero-order valence-corrected chi connectivity index (χ0v) is 19.1. The summed E-state index contributed by atoms with van der Waals surface area (Å²) in [6.45, 7) is 8.05. The molecule has 1 aromatic heterocycles. The first kappa shape index (κ1) is 22.2. The summed E-state index contributed by atoms with van der Waals surface area (Å²) in [6.07, 6.45) is 3.18. The second kappa shape index (κ2) is 10.6. The molecule has 0 spiro atoms. The minimum atomic E-state index is 0.0986. The maximum absolute atomic E-state index is 12.5. The quantitative estimate of drug-likeness (QED) is 0.595. The molecule has 6 heteroatoms. The van der Waals surface area contributed by atoms with Crippen LogP contribution >= 0.6 is 0 Å². The van der Waals surface area contributed by atoms with E-state index in [2.05, 4.69) is 59.6 Å². The number of likely N-dealkylation sites (N-methyl/N-ethyl adjacent to an activating group) is 1. The van der Waals surface area contributed by atoms with Gasteiger partial charge in [0, 0.05) is 57.4 Å². The fourth-order valence-corrected chi connectivity index (χ4v) is 4.02. The Morgan fingerprint density at radius 3 is 2.44 bits per heavy atom. The molecule has 0 saturated carbocycles. The molecule has 0 bridgehead atoms. The van der Waals surface area contributed by atoms with E-state index in [1.165, 1.54) is 5.56 Å². The number of amides is 1. The third kappa shape index (κ3) is 5.84. The van der Waals surface area contributed by atoms with E-state index in [1.807, 2.05) is 35.0 Å². The Morgan fingerprint density at radius 1 is 1.00 bits per heavy atom. The van der Waals surface area contributed by atoms with E-state index in [4.69, 9.17) is 5.10 Å². The van der Waals surface area contributed by atoms with Crippen LogP contribution in [0.4, 0.5) is 0 Å². The number of piperazine rings is 1. The standard InChI is InChI=1S/C26H33N5O/c1-21-8-10-22(11-9-21)26-23(20-31(28-26)24-6-4-3-5-7-24)12-13-25(32)27-14-15-30-18-16-29(2)17-19-30/h3-11,20H,12-19H2,1-2H3,(H,27,32). The van der Waals surface area contributed by atoms with Gasteiger partial charge in [0.05, 0.1) is 11.4 Å². The number of carbonyl (C=O) groups excluding carboxylic acids is 1. The Hall–Kier alpha value is -2.96. The van der Waals surface area contributed by atoms with Crippen LogP contribution in [0.1, 0.15) is 17.5 Å². The van der Waals surface area contributed by atoms with Gasteiger partial charge in [0.25, 0.3) is 0 Å². The summed E-state index contributed by atoms with van der Waals surface area (Å²) in [5.74, 6) is 0.0986. The van der Waals surface area contributed by atoms with Crippen LogP contribution in [0.25, 0.3) is 16.9 Å². The predicted octanol–water partition coefficient (Wildman–Crippen LogP) is 3.14. The van der Waals surface area contributed by atoms with Crippen LogP contribution in [0, 0.1) is 6.92 Å². The van der Waals surface area contributed by atoms with Crippen molar-refractivity contribution in [1.82, 2.24) is 24.9 Å². The van der Waals surface area contributed by atoms with Crippen molar-refractivity contribution in [2.75, 3.05) is 46.3 Å². The lowest BCUT2D eigenvalue weighted by Gasteiger charge is -2.32. The first-order chi connectivity index (χ1) is 15.6. The Bertz CT molecular complexity index is 1000. The van der Waals surface area contributed by atoms with E-state index >= 15 is 0 Å². The van der Waals surface area contributed by atoms with Crippen LogP contribution in [0.3, 0.4) is 0 Å². The van der Waals surface area contributed by atoms with E-state index < -0.39 is 0 Å². The molecule has 6 nitrogen and oxygen atoms in total. The van der Waals surface area contributed by atoms with E-state index in [0.29, 0.717) is 19.4 Å². The minimum absolute atomic E-state index is 0.0986. The topological polar surface area (TPSA) is 53.4 Å². The molecule has 1 amide bonds. The minimum Gasteiger partial charge on any atom is -0.355 e. The van der Waals surface area contributed by atoms with Crippen LogP contribution in [0.2, 0.25) is 0 Å². The molecular formula is C26H33N5O. The molecule has 2 aromatic carbocycles. The first-order valence-corrected chi connectivity index (χ1v) is 11.5. The Labute approximate surface area is 190 Å². The molecule has 1 saturated heterocycles. The highest BCUT2D eigenvalue weighted by molar-refractivity contribution is 5.76. The highest BCUT2D eigenvalue weighted by Crippen LogP contribution is 2.25. The van der Waals surface area contributed by atoms with Gasteiger partial charge in [0.15, 0.2) is 0 Å². The summed E-state index contributed by atoms with van der Waals surface area (Å²) in [6, 6.07) is 18.5. The normalized spacial score (nSPS) is 15.1. The lowest BCUT2D eigenvalue weighted by atomic mass is 10.0. The number of nitrogens with zero attached hydrogens (tertiary/aromatic N) is 4. The smallest absolute Gasteiger partial charge is 0.220 e. The third-order valence-corrected chi connectivity index (χ3v) is 6.10. The molecule has 1 N–H and O–H groups in total. The largest absolute Gasteiger partial charge is 0.355 e. The monoisotopic (exact) mass is 431 g/mol. The molecule has 1 aliphatic heterocycles. The second-order valence-corrected chi connectivity index (χ2v) is 8.64. The molecule has 1 fully saturated rings. The van der Waals surface area contributed by atoms with Gasteiger partial charge >= 0.3 is 0 Å². The highest BCUT2D eigenvalue weighted by atomic mass is 16.1. The van der Waals surface area contributed by atoms with E-state index in [9.17, 15) is 4.79 Å². The van der Waals surface area contributed by atoms with Gasteiger partial charge in [-0.05, 0) is 38.1 Å². The van der Waals surface area contributed by atoms with Crippen LogP contribution in [0.5, 0.6) is 0 Å². The van der Waals surface area contributed by atoms with Crippen LogP contribution < -0.4 is 5.32 Å². The van der Waals surface area contributed by atoms with Crippen molar-refractivity contribution in [2.24, 2.45) is 0 Å². The van der Waals surface area contributed by atoms with Gasteiger partial charge < -0.3 is 10.2 Å². The molecule has 32 heavy (non-hydrogen) atoms. The van der Waals surface area contributed by atoms with Gasteiger partial charge in [0.2, 0.25) is 5.91 Å². The third-order valence-electron chi connectivity index (χ3n) is 6.10. The molecule has 168 valence electrons. The van der Waals surface area contributed by atoms with Gasteiger partial charge in [-0.15, -0.1) is 0 Å². The maximum Gasteiger partial charge on any atom is 0.220 e. The summed E-state index contributed by atoms with van der Waals surface area (Å²) in [4.78, 5) is 17.3. The number of aromatic nitrogens is 2. The van der Waals surface area contributed by atoms with E-state index in [0.717, 1.165) is 55.2 Å². The van der Waals surface area contributed by atoms with Gasteiger partial charge in [-0.2, -0.15) is 5.10 Å². The average molecular weight is 432 g/mol. The molecule has 0 unspecified atom stereocenters. The lowest BCUT2D eigenvalue weighted by molar-refractivity contribution is -0.121. The molecular weight excluding hydrogens is 398 g/mol. The zero-order chi connectivity index (χ0) is 22.3. The molecule has 0 radical (unpaired) electrons. The fourth-order valence-electron chi connectivity index (χ4n) is 4.02. The molecule has 1 aliphatic rings. The summed E-state index contributed by atoms with van der Waals surface area (Å²) in [5, 5.41) is 7.96. The first-order valence-electron chi connectivity index (χ1n) is 11.5. The van der Waals surface area contributed by atoms with Crippen molar-refractivity contribution in [3.63, 3.8) is 0 Å².